The first kappa shape index (κ1) is 14.0. The van der Waals surface area contributed by atoms with Crippen molar-refractivity contribution < 1.29 is 0 Å². The third-order valence-electron chi connectivity index (χ3n) is 3.62. The molecule has 1 aliphatic rings. The number of rotatable bonds is 3. The summed E-state index contributed by atoms with van der Waals surface area (Å²) in [6.07, 6.45) is 5.41. The predicted molar refractivity (Wildman–Crippen MR) is 87.1 cm³/mol. The lowest BCUT2D eigenvalue weighted by Crippen LogP contribution is -2.45. The summed E-state index contributed by atoms with van der Waals surface area (Å²) in [7, 11) is 0. The van der Waals surface area contributed by atoms with Gasteiger partial charge < -0.3 is 10.6 Å². The van der Waals surface area contributed by atoms with Crippen molar-refractivity contribution in [3.05, 3.63) is 28.2 Å². The third-order valence-corrected chi connectivity index (χ3v) is 5.27. The van der Waals surface area contributed by atoms with E-state index in [9.17, 15) is 0 Å². The predicted octanol–water partition coefficient (Wildman–Crippen LogP) is 3.29. The van der Waals surface area contributed by atoms with E-state index in [4.69, 9.17) is 10.7 Å². The van der Waals surface area contributed by atoms with E-state index < -0.39 is 0 Å². The fourth-order valence-corrected chi connectivity index (χ4v) is 3.94. The Morgan fingerprint density at radius 2 is 2.25 bits per heavy atom. The number of nitrogens with two attached hydrogens (primary N) is 1. The van der Waals surface area contributed by atoms with Crippen molar-refractivity contribution in [3.8, 4) is 10.6 Å². The van der Waals surface area contributed by atoms with Crippen LogP contribution in [0.15, 0.2) is 28.2 Å². The molecule has 0 aliphatic carbocycles. The van der Waals surface area contributed by atoms with E-state index in [1.807, 2.05) is 18.3 Å². The molecule has 0 spiro atoms. The van der Waals surface area contributed by atoms with Gasteiger partial charge >= 0.3 is 0 Å². The number of piperidine rings is 1. The molecule has 3 heterocycles. The van der Waals surface area contributed by atoms with Crippen LogP contribution in [0.3, 0.4) is 0 Å². The van der Waals surface area contributed by atoms with E-state index in [0.717, 1.165) is 33.3 Å². The number of halogens is 1. The Hall–Kier alpha value is -0.980. The third kappa shape index (κ3) is 2.87. The van der Waals surface area contributed by atoms with E-state index in [-0.39, 0.29) is 0 Å². The molecule has 0 amide bonds. The van der Waals surface area contributed by atoms with Gasteiger partial charge in [0.15, 0.2) is 0 Å². The first-order chi connectivity index (χ1) is 9.78. The molecule has 20 heavy (non-hydrogen) atoms. The van der Waals surface area contributed by atoms with Gasteiger partial charge in [-0.2, -0.15) is 0 Å². The second kappa shape index (κ2) is 6.20. The lowest BCUT2D eigenvalue weighted by atomic mass is 10.0. The number of hydrogen-bond donors (Lipinski definition) is 1. The van der Waals surface area contributed by atoms with Crippen molar-refractivity contribution in [2.75, 3.05) is 18.0 Å². The molecule has 0 bridgehead atoms. The van der Waals surface area contributed by atoms with Crippen LogP contribution < -0.4 is 10.6 Å². The van der Waals surface area contributed by atoms with Crippen LogP contribution in [0, 0.1) is 0 Å². The molecule has 0 saturated carbocycles. The van der Waals surface area contributed by atoms with E-state index >= 15 is 0 Å². The second-order valence-electron chi connectivity index (χ2n) is 4.92. The van der Waals surface area contributed by atoms with Gasteiger partial charge in [-0.15, -0.1) is 11.3 Å². The van der Waals surface area contributed by atoms with Crippen LogP contribution in [0.1, 0.15) is 19.3 Å². The Bertz CT molecular complexity index is 586. The van der Waals surface area contributed by atoms with Crippen LogP contribution in [0.25, 0.3) is 10.6 Å². The quantitative estimate of drug-likeness (QED) is 0.920. The largest absolute Gasteiger partial charge is 0.337 e. The SMILES string of the molecule is NCC1CCCCN1c1nccc(-c2ccc(Br)s2)n1. The highest BCUT2D eigenvalue weighted by Gasteiger charge is 2.23. The van der Waals surface area contributed by atoms with Crippen molar-refractivity contribution in [1.29, 1.82) is 0 Å². The van der Waals surface area contributed by atoms with Gasteiger partial charge in [-0.25, -0.2) is 9.97 Å². The summed E-state index contributed by atoms with van der Waals surface area (Å²) < 4.78 is 1.12. The monoisotopic (exact) mass is 352 g/mol. The highest BCUT2D eigenvalue weighted by atomic mass is 79.9. The van der Waals surface area contributed by atoms with Gasteiger partial charge in [0.2, 0.25) is 5.95 Å². The van der Waals surface area contributed by atoms with Crippen LogP contribution in [0.2, 0.25) is 0 Å². The Kier molecular flexibility index (Phi) is 4.33. The van der Waals surface area contributed by atoms with Gasteiger partial charge in [0.1, 0.15) is 0 Å². The average Bonchev–Trinajstić information content (AvgIpc) is 2.94. The minimum absolute atomic E-state index is 0.370. The summed E-state index contributed by atoms with van der Waals surface area (Å²) in [4.78, 5) is 12.6. The minimum Gasteiger partial charge on any atom is -0.337 e. The minimum atomic E-state index is 0.370. The van der Waals surface area contributed by atoms with Crippen molar-refractivity contribution in [1.82, 2.24) is 9.97 Å². The summed E-state index contributed by atoms with van der Waals surface area (Å²) in [5.74, 6) is 0.808. The zero-order valence-electron chi connectivity index (χ0n) is 11.1. The molecular formula is C14H17BrN4S. The molecule has 1 aliphatic heterocycles. The van der Waals surface area contributed by atoms with Gasteiger partial charge in [0.25, 0.3) is 0 Å². The average molecular weight is 353 g/mol. The normalized spacial score (nSPS) is 19.3. The Morgan fingerprint density at radius 1 is 1.35 bits per heavy atom. The summed E-state index contributed by atoms with van der Waals surface area (Å²) in [6, 6.07) is 6.46. The van der Waals surface area contributed by atoms with Gasteiger partial charge in [0, 0.05) is 25.3 Å². The Labute approximate surface area is 131 Å². The molecule has 3 rings (SSSR count). The van der Waals surface area contributed by atoms with Crippen LogP contribution in [0.5, 0.6) is 0 Å². The molecule has 2 aromatic rings. The number of thiophene rings is 1. The van der Waals surface area contributed by atoms with E-state index in [2.05, 4.69) is 31.9 Å². The van der Waals surface area contributed by atoms with Gasteiger partial charge in [-0.3, -0.25) is 0 Å². The molecular weight excluding hydrogens is 336 g/mol. The lowest BCUT2D eigenvalue weighted by molar-refractivity contribution is 0.458. The number of aromatic nitrogens is 2. The van der Waals surface area contributed by atoms with Gasteiger partial charge in [-0.05, 0) is 53.4 Å². The van der Waals surface area contributed by atoms with Crippen molar-refractivity contribution >= 4 is 33.2 Å². The van der Waals surface area contributed by atoms with E-state index in [0.29, 0.717) is 12.6 Å². The zero-order valence-corrected chi connectivity index (χ0v) is 13.5. The van der Waals surface area contributed by atoms with Crippen LogP contribution in [-0.2, 0) is 0 Å². The standard InChI is InChI=1S/C14H17BrN4S/c15-13-5-4-12(20-13)11-6-7-17-14(18-11)19-8-2-1-3-10(19)9-16/h4-7,10H,1-3,8-9,16H2. The summed E-state index contributed by atoms with van der Waals surface area (Å²) in [5.41, 5.74) is 6.86. The van der Waals surface area contributed by atoms with Crippen LogP contribution >= 0.6 is 27.3 Å². The lowest BCUT2D eigenvalue weighted by Gasteiger charge is -2.35. The van der Waals surface area contributed by atoms with E-state index in [1.54, 1.807) is 11.3 Å². The summed E-state index contributed by atoms with van der Waals surface area (Å²) >= 11 is 5.18. The molecule has 1 saturated heterocycles. The Morgan fingerprint density at radius 3 is 3.00 bits per heavy atom. The molecule has 106 valence electrons. The molecule has 0 aromatic carbocycles. The number of nitrogens with zero attached hydrogens (tertiary/aromatic N) is 3. The first-order valence-corrected chi connectivity index (χ1v) is 8.44. The fraction of sp³-hybridized carbons (Fsp3) is 0.429. The molecule has 6 heteroatoms. The van der Waals surface area contributed by atoms with Crippen molar-refractivity contribution in [3.63, 3.8) is 0 Å². The Balaban J connectivity index is 1.90. The van der Waals surface area contributed by atoms with Gasteiger partial charge in [0.05, 0.1) is 14.4 Å². The molecule has 1 atom stereocenters. The maximum Gasteiger partial charge on any atom is 0.226 e. The van der Waals surface area contributed by atoms with Crippen molar-refractivity contribution in [2.45, 2.75) is 25.3 Å². The molecule has 2 aromatic heterocycles. The molecule has 0 radical (unpaired) electrons. The highest BCUT2D eigenvalue weighted by molar-refractivity contribution is 9.11. The highest BCUT2D eigenvalue weighted by Crippen LogP contribution is 2.31. The topological polar surface area (TPSA) is 55.0 Å². The first-order valence-electron chi connectivity index (χ1n) is 6.83. The second-order valence-corrected chi connectivity index (χ2v) is 7.39. The maximum atomic E-state index is 5.88. The maximum absolute atomic E-state index is 5.88. The van der Waals surface area contributed by atoms with Gasteiger partial charge in [-0.1, -0.05) is 0 Å². The molecule has 1 unspecified atom stereocenters. The van der Waals surface area contributed by atoms with E-state index in [1.165, 1.54) is 12.8 Å². The summed E-state index contributed by atoms with van der Waals surface area (Å²) in [6.45, 7) is 1.66. The smallest absolute Gasteiger partial charge is 0.226 e. The number of anilines is 1. The fourth-order valence-electron chi connectivity index (χ4n) is 2.58. The van der Waals surface area contributed by atoms with Crippen molar-refractivity contribution in [2.24, 2.45) is 5.73 Å². The zero-order chi connectivity index (χ0) is 13.9. The molecule has 1 fully saturated rings. The van der Waals surface area contributed by atoms with Crippen LogP contribution in [0.4, 0.5) is 5.95 Å². The molecule has 4 nitrogen and oxygen atoms in total. The molecule has 2 N–H and O–H groups in total. The summed E-state index contributed by atoms with van der Waals surface area (Å²) in [5, 5.41) is 0. The van der Waals surface area contributed by atoms with Crippen LogP contribution in [-0.4, -0.2) is 29.1 Å². The number of hydrogen-bond acceptors (Lipinski definition) is 5.